The molecule has 80 valence electrons. The summed E-state index contributed by atoms with van der Waals surface area (Å²) < 4.78 is 4.11. The molecule has 14 heavy (non-hydrogen) atoms. The van der Waals surface area contributed by atoms with E-state index < -0.39 is 36.4 Å². The average molecular weight is 204 g/mol. The normalized spacial score (nSPS) is 14.2. The maximum absolute atomic E-state index is 10.9. The van der Waals surface area contributed by atoms with E-state index in [0.717, 1.165) is 6.92 Å². The van der Waals surface area contributed by atoms with Crippen LogP contribution in [0.25, 0.3) is 0 Å². The van der Waals surface area contributed by atoms with Gasteiger partial charge in [0, 0.05) is 0 Å². The van der Waals surface area contributed by atoms with E-state index in [4.69, 9.17) is 16.6 Å². The lowest BCUT2D eigenvalue weighted by atomic mass is 10.2. The number of ether oxygens (including phenoxy) is 1. The molecule has 2 unspecified atom stereocenters. The summed E-state index contributed by atoms with van der Waals surface area (Å²) in [5.74, 6) is -2.98. The highest BCUT2D eigenvalue weighted by molar-refractivity contribution is 5.92. The molecule has 0 aromatic carbocycles. The molecule has 0 fully saturated rings. The van der Waals surface area contributed by atoms with Crippen molar-refractivity contribution in [3.8, 4) is 0 Å². The Balaban J connectivity index is 4.08. The first-order chi connectivity index (χ1) is 6.34. The number of primary amides is 1. The Morgan fingerprint density at radius 1 is 1.36 bits per heavy atom. The maximum Gasteiger partial charge on any atom is 0.342 e. The van der Waals surface area contributed by atoms with Crippen LogP contribution in [0.2, 0.25) is 0 Å². The van der Waals surface area contributed by atoms with E-state index in [-0.39, 0.29) is 0 Å². The van der Waals surface area contributed by atoms with E-state index >= 15 is 0 Å². The van der Waals surface area contributed by atoms with Gasteiger partial charge in [-0.1, -0.05) is 0 Å². The molecule has 0 aliphatic rings. The molecule has 0 saturated carbocycles. The third-order valence-electron chi connectivity index (χ3n) is 1.27. The molecular formula is C7H12N2O5. The van der Waals surface area contributed by atoms with Crippen LogP contribution < -0.4 is 11.5 Å². The molecule has 0 aromatic rings. The number of esters is 2. The van der Waals surface area contributed by atoms with Crippen LogP contribution in [0.4, 0.5) is 0 Å². The van der Waals surface area contributed by atoms with Gasteiger partial charge < -0.3 is 21.3 Å². The lowest BCUT2D eigenvalue weighted by molar-refractivity contribution is -0.166. The molecule has 1 amide bonds. The van der Waals surface area contributed by atoms with Crippen LogP contribution in [-0.4, -0.2) is 35.1 Å². The van der Waals surface area contributed by atoms with Crippen LogP contribution in [0.3, 0.4) is 0 Å². The van der Waals surface area contributed by atoms with Crippen molar-refractivity contribution in [3.63, 3.8) is 0 Å². The minimum atomic E-state index is -1.42. The van der Waals surface area contributed by atoms with Crippen LogP contribution in [0.5, 0.6) is 0 Å². The third kappa shape index (κ3) is 4.53. The van der Waals surface area contributed by atoms with Crippen molar-refractivity contribution in [1.82, 2.24) is 0 Å². The zero-order valence-electron chi connectivity index (χ0n) is 7.60. The molecular weight excluding hydrogens is 192 g/mol. The zero-order valence-corrected chi connectivity index (χ0v) is 7.60. The van der Waals surface area contributed by atoms with Crippen molar-refractivity contribution >= 4 is 17.8 Å². The Morgan fingerprint density at radius 2 is 1.86 bits per heavy atom. The first kappa shape index (κ1) is 12.5. The smallest absolute Gasteiger partial charge is 0.342 e. The fourth-order valence-corrected chi connectivity index (χ4v) is 0.560. The molecule has 0 heterocycles. The summed E-state index contributed by atoms with van der Waals surface area (Å²) in [7, 11) is 0. The highest BCUT2D eigenvalue weighted by Gasteiger charge is 2.22. The van der Waals surface area contributed by atoms with E-state index in [9.17, 15) is 14.4 Å². The van der Waals surface area contributed by atoms with Crippen LogP contribution in [-0.2, 0) is 19.1 Å². The second-order valence-corrected chi connectivity index (χ2v) is 2.69. The fourth-order valence-electron chi connectivity index (χ4n) is 0.560. The molecule has 0 bridgehead atoms. The summed E-state index contributed by atoms with van der Waals surface area (Å²) in [6, 6.07) is -1.28. The van der Waals surface area contributed by atoms with Crippen molar-refractivity contribution in [3.05, 3.63) is 0 Å². The molecule has 0 aliphatic heterocycles. The average Bonchev–Trinajstić information content (AvgIpc) is 2.02. The lowest BCUT2D eigenvalue weighted by Gasteiger charge is -2.08. The minimum absolute atomic E-state index is 0.411. The molecule has 0 radical (unpaired) electrons. The SMILES string of the molecule is CC(O)C(=O)OC(=O)C(N)CC(N)=O. The summed E-state index contributed by atoms with van der Waals surface area (Å²) in [5.41, 5.74) is 9.92. The monoisotopic (exact) mass is 204 g/mol. The molecule has 0 spiro atoms. The predicted octanol–water partition coefficient (Wildman–Crippen LogP) is -2.36. The van der Waals surface area contributed by atoms with Crippen LogP contribution in [0, 0.1) is 0 Å². The van der Waals surface area contributed by atoms with Crippen molar-refractivity contribution in [2.75, 3.05) is 0 Å². The summed E-state index contributed by atoms with van der Waals surface area (Å²) in [4.78, 5) is 31.9. The van der Waals surface area contributed by atoms with Crippen molar-refractivity contribution < 1.29 is 24.2 Å². The van der Waals surface area contributed by atoms with Gasteiger partial charge in [0.2, 0.25) is 5.91 Å². The van der Waals surface area contributed by atoms with E-state index in [1.807, 2.05) is 0 Å². The topological polar surface area (TPSA) is 133 Å². The number of carbonyl (C=O) groups excluding carboxylic acids is 3. The number of carbonyl (C=O) groups is 3. The molecule has 7 heteroatoms. The quantitative estimate of drug-likeness (QED) is 0.346. The number of aliphatic hydroxyl groups is 1. The molecule has 0 rings (SSSR count). The number of hydrogen-bond acceptors (Lipinski definition) is 6. The van der Waals surface area contributed by atoms with Crippen LogP contribution in [0.1, 0.15) is 13.3 Å². The van der Waals surface area contributed by atoms with E-state index in [1.54, 1.807) is 0 Å². The van der Waals surface area contributed by atoms with Gasteiger partial charge in [-0.2, -0.15) is 0 Å². The fraction of sp³-hybridized carbons (Fsp3) is 0.571. The lowest BCUT2D eigenvalue weighted by Crippen LogP contribution is -2.38. The summed E-state index contributed by atoms with van der Waals surface area (Å²) in [6.45, 7) is 1.13. The van der Waals surface area contributed by atoms with Crippen molar-refractivity contribution in [2.24, 2.45) is 11.5 Å². The van der Waals surface area contributed by atoms with Gasteiger partial charge in [-0.15, -0.1) is 0 Å². The molecule has 0 aliphatic carbocycles. The highest BCUT2D eigenvalue weighted by atomic mass is 16.6. The Bertz CT molecular complexity index is 250. The Kier molecular flexibility index (Phi) is 4.74. The summed E-state index contributed by atoms with van der Waals surface area (Å²) >= 11 is 0. The van der Waals surface area contributed by atoms with Crippen molar-refractivity contribution in [1.29, 1.82) is 0 Å². The number of hydrogen-bond donors (Lipinski definition) is 3. The van der Waals surface area contributed by atoms with Gasteiger partial charge in [0.1, 0.15) is 12.1 Å². The minimum Gasteiger partial charge on any atom is -0.390 e. The zero-order chi connectivity index (χ0) is 11.3. The molecule has 7 nitrogen and oxygen atoms in total. The number of nitrogens with two attached hydrogens (primary N) is 2. The summed E-state index contributed by atoms with van der Waals surface area (Å²) in [6.07, 6.45) is -1.83. The van der Waals surface area contributed by atoms with E-state index in [0.29, 0.717) is 0 Å². The van der Waals surface area contributed by atoms with Crippen molar-refractivity contribution in [2.45, 2.75) is 25.5 Å². The van der Waals surface area contributed by atoms with Gasteiger partial charge in [-0.25, -0.2) is 9.59 Å². The maximum atomic E-state index is 10.9. The molecule has 0 saturated heterocycles. The Hall–Kier alpha value is -1.47. The van der Waals surface area contributed by atoms with Gasteiger partial charge in [-0.3, -0.25) is 4.79 Å². The first-order valence-electron chi connectivity index (χ1n) is 3.82. The standard InChI is InChI=1S/C7H12N2O5/c1-3(10)6(12)14-7(13)4(8)2-5(9)11/h3-4,10H,2,8H2,1H3,(H2,9,11). The number of rotatable bonds is 4. The Labute approximate surface area is 80.0 Å². The largest absolute Gasteiger partial charge is 0.390 e. The van der Waals surface area contributed by atoms with Gasteiger partial charge in [0.25, 0.3) is 0 Å². The first-order valence-corrected chi connectivity index (χ1v) is 3.82. The Morgan fingerprint density at radius 3 is 2.21 bits per heavy atom. The second kappa shape index (κ2) is 5.30. The van der Waals surface area contributed by atoms with Crippen LogP contribution >= 0.6 is 0 Å². The van der Waals surface area contributed by atoms with Crippen LogP contribution in [0.15, 0.2) is 0 Å². The van der Waals surface area contributed by atoms with Gasteiger partial charge in [0.15, 0.2) is 0 Å². The molecule has 5 N–H and O–H groups in total. The number of amides is 1. The van der Waals surface area contributed by atoms with E-state index in [2.05, 4.69) is 4.74 Å². The van der Waals surface area contributed by atoms with Gasteiger partial charge >= 0.3 is 11.9 Å². The third-order valence-corrected chi connectivity index (χ3v) is 1.27. The van der Waals surface area contributed by atoms with Gasteiger partial charge in [-0.05, 0) is 6.92 Å². The van der Waals surface area contributed by atoms with Gasteiger partial charge in [0.05, 0.1) is 6.42 Å². The molecule has 2 atom stereocenters. The van der Waals surface area contributed by atoms with E-state index in [1.165, 1.54) is 0 Å². The predicted molar refractivity (Wildman–Crippen MR) is 44.6 cm³/mol. The highest BCUT2D eigenvalue weighted by Crippen LogP contribution is 1.94. The second-order valence-electron chi connectivity index (χ2n) is 2.69. The molecule has 0 aromatic heterocycles. The number of aliphatic hydroxyl groups excluding tert-OH is 1. The summed E-state index contributed by atoms with van der Waals surface area (Å²) in [5, 5.41) is 8.67.